The number of hydrogen-bond donors (Lipinski definition) is 1. The van der Waals surface area contributed by atoms with E-state index >= 15 is 0 Å². The zero-order chi connectivity index (χ0) is 12.5. The number of nitrogens with one attached hydrogen (secondary N) is 1. The molecule has 0 fully saturated rings. The zero-order valence-corrected chi connectivity index (χ0v) is 12.2. The summed E-state index contributed by atoms with van der Waals surface area (Å²) >= 11 is 2.03. The van der Waals surface area contributed by atoms with Gasteiger partial charge in [0.15, 0.2) is 0 Å². The van der Waals surface area contributed by atoms with Crippen LogP contribution in [-0.4, -0.2) is 23.1 Å². The average molecular weight is 254 g/mol. The van der Waals surface area contributed by atoms with Crippen molar-refractivity contribution in [3.05, 3.63) is 24.0 Å². The summed E-state index contributed by atoms with van der Waals surface area (Å²) in [7, 11) is 2.05. The molecule has 2 nitrogen and oxygen atoms in total. The molecule has 0 aromatic carbocycles. The van der Waals surface area contributed by atoms with Gasteiger partial charge in [-0.15, -0.1) is 0 Å². The van der Waals surface area contributed by atoms with E-state index in [0.717, 1.165) is 6.54 Å². The second-order valence-electron chi connectivity index (χ2n) is 4.36. The summed E-state index contributed by atoms with van der Waals surface area (Å²) in [5.74, 6) is 2.50. The van der Waals surface area contributed by atoms with Crippen LogP contribution in [-0.2, 0) is 6.54 Å². The van der Waals surface area contributed by atoms with Crippen LogP contribution < -0.4 is 5.32 Å². The molecule has 17 heavy (non-hydrogen) atoms. The highest BCUT2D eigenvalue weighted by atomic mass is 32.2. The molecule has 1 rings (SSSR count). The molecular formula is C14H26N2S. The average Bonchev–Trinajstić information content (AvgIpc) is 2.80. The third kappa shape index (κ3) is 5.17. The van der Waals surface area contributed by atoms with Gasteiger partial charge in [0.25, 0.3) is 0 Å². The SMILES string of the molecule is CCCC(NC)c1ccn(CCCSCC)c1. The first-order valence-electron chi connectivity index (χ1n) is 6.72. The molecule has 0 aliphatic rings. The molecule has 0 amide bonds. The standard InChI is InChI=1S/C14H26N2S/c1-4-7-14(15-3)13-8-10-16(12-13)9-6-11-17-5-2/h8,10,12,14-15H,4-7,9,11H2,1-3H3. The molecule has 1 atom stereocenters. The van der Waals surface area contributed by atoms with Crippen LogP contribution >= 0.6 is 11.8 Å². The van der Waals surface area contributed by atoms with Gasteiger partial charge in [-0.2, -0.15) is 11.8 Å². The Labute approximate surface area is 110 Å². The Morgan fingerprint density at radius 3 is 2.88 bits per heavy atom. The van der Waals surface area contributed by atoms with Crippen LogP contribution in [0.5, 0.6) is 0 Å². The smallest absolute Gasteiger partial charge is 0.0332 e. The largest absolute Gasteiger partial charge is 0.354 e. The molecule has 0 saturated heterocycles. The van der Waals surface area contributed by atoms with Gasteiger partial charge in [-0.1, -0.05) is 20.3 Å². The minimum Gasteiger partial charge on any atom is -0.354 e. The predicted octanol–water partition coefficient (Wildman–Crippen LogP) is 3.69. The van der Waals surface area contributed by atoms with Crippen LogP contribution in [0.1, 0.15) is 44.7 Å². The third-order valence-electron chi connectivity index (χ3n) is 3.01. The molecule has 1 heterocycles. The fourth-order valence-electron chi connectivity index (χ4n) is 2.06. The van der Waals surface area contributed by atoms with Crippen molar-refractivity contribution < 1.29 is 0 Å². The van der Waals surface area contributed by atoms with Crippen molar-refractivity contribution in [1.82, 2.24) is 9.88 Å². The summed E-state index contributed by atoms with van der Waals surface area (Å²) in [4.78, 5) is 0. The van der Waals surface area contributed by atoms with Crippen molar-refractivity contribution in [2.45, 2.75) is 45.7 Å². The Morgan fingerprint density at radius 1 is 1.41 bits per heavy atom. The van der Waals surface area contributed by atoms with E-state index in [-0.39, 0.29) is 0 Å². The number of aromatic nitrogens is 1. The summed E-state index contributed by atoms with van der Waals surface area (Å²) in [5.41, 5.74) is 1.43. The van der Waals surface area contributed by atoms with Crippen LogP contribution in [0.25, 0.3) is 0 Å². The minimum atomic E-state index is 0.520. The summed E-state index contributed by atoms with van der Waals surface area (Å²) in [6.45, 7) is 5.61. The van der Waals surface area contributed by atoms with Gasteiger partial charge >= 0.3 is 0 Å². The topological polar surface area (TPSA) is 17.0 Å². The first-order chi connectivity index (χ1) is 8.31. The lowest BCUT2D eigenvalue weighted by Crippen LogP contribution is -2.15. The van der Waals surface area contributed by atoms with Crippen LogP contribution in [0.15, 0.2) is 18.5 Å². The summed E-state index contributed by atoms with van der Waals surface area (Å²) in [5, 5.41) is 3.39. The fraction of sp³-hybridized carbons (Fsp3) is 0.714. The molecule has 0 aliphatic heterocycles. The number of rotatable bonds is 9. The van der Waals surface area contributed by atoms with Crippen molar-refractivity contribution in [3.63, 3.8) is 0 Å². The lowest BCUT2D eigenvalue weighted by atomic mass is 10.1. The monoisotopic (exact) mass is 254 g/mol. The Balaban J connectivity index is 2.40. The minimum absolute atomic E-state index is 0.520. The second kappa shape index (κ2) is 8.65. The fourth-order valence-corrected chi connectivity index (χ4v) is 2.69. The van der Waals surface area contributed by atoms with E-state index in [4.69, 9.17) is 0 Å². The Hall–Kier alpha value is -0.410. The van der Waals surface area contributed by atoms with Crippen LogP contribution in [0.3, 0.4) is 0 Å². The summed E-state index contributed by atoms with van der Waals surface area (Å²) in [6, 6.07) is 2.77. The number of hydrogen-bond acceptors (Lipinski definition) is 2. The van der Waals surface area contributed by atoms with Gasteiger partial charge in [-0.3, -0.25) is 0 Å². The highest BCUT2D eigenvalue weighted by molar-refractivity contribution is 7.99. The molecule has 1 unspecified atom stereocenters. The van der Waals surface area contributed by atoms with Gasteiger partial charge < -0.3 is 9.88 Å². The van der Waals surface area contributed by atoms with Crippen molar-refractivity contribution in [2.75, 3.05) is 18.6 Å². The maximum Gasteiger partial charge on any atom is 0.0332 e. The molecule has 1 aromatic rings. The van der Waals surface area contributed by atoms with E-state index in [2.05, 4.69) is 49.2 Å². The highest BCUT2D eigenvalue weighted by Gasteiger charge is 2.08. The van der Waals surface area contributed by atoms with E-state index in [1.54, 1.807) is 0 Å². The summed E-state index contributed by atoms with van der Waals surface area (Å²) < 4.78 is 2.32. The Kier molecular flexibility index (Phi) is 7.45. The van der Waals surface area contributed by atoms with Crippen molar-refractivity contribution in [3.8, 4) is 0 Å². The van der Waals surface area contributed by atoms with E-state index in [1.165, 1.54) is 36.3 Å². The van der Waals surface area contributed by atoms with E-state index in [0.29, 0.717) is 6.04 Å². The molecule has 0 bridgehead atoms. The molecule has 0 radical (unpaired) electrons. The van der Waals surface area contributed by atoms with E-state index in [9.17, 15) is 0 Å². The van der Waals surface area contributed by atoms with Gasteiger partial charge in [-0.25, -0.2) is 0 Å². The number of nitrogens with zero attached hydrogens (tertiary/aromatic N) is 1. The lowest BCUT2D eigenvalue weighted by molar-refractivity contribution is 0.539. The Bertz CT molecular complexity index is 296. The molecule has 0 aliphatic carbocycles. The first-order valence-corrected chi connectivity index (χ1v) is 7.88. The van der Waals surface area contributed by atoms with E-state index in [1.807, 2.05) is 11.8 Å². The molecule has 1 N–H and O–H groups in total. The van der Waals surface area contributed by atoms with Crippen molar-refractivity contribution >= 4 is 11.8 Å². The third-order valence-corrected chi connectivity index (χ3v) is 4.00. The maximum absolute atomic E-state index is 3.39. The highest BCUT2D eigenvalue weighted by Crippen LogP contribution is 2.18. The van der Waals surface area contributed by atoms with Gasteiger partial charge in [0.1, 0.15) is 0 Å². The first kappa shape index (κ1) is 14.7. The van der Waals surface area contributed by atoms with Crippen LogP contribution in [0.2, 0.25) is 0 Å². The molecule has 98 valence electrons. The molecule has 0 saturated carbocycles. The second-order valence-corrected chi connectivity index (χ2v) is 5.76. The van der Waals surface area contributed by atoms with Gasteiger partial charge in [0.05, 0.1) is 0 Å². The van der Waals surface area contributed by atoms with Crippen LogP contribution in [0.4, 0.5) is 0 Å². The summed E-state index contributed by atoms with van der Waals surface area (Å²) in [6.07, 6.45) is 8.22. The maximum atomic E-state index is 3.39. The van der Waals surface area contributed by atoms with Crippen molar-refractivity contribution in [2.24, 2.45) is 0 Å². The molecule has 0 spiro atoms. The molecule has 1 aromatic heterocycles. The van der Waals surface area contributed by atoms with Gasteiger partial charge in [0.2, 0.25) is 0 Å². The lowest BCUT2D eigenvalue weighted by Gasteiger charge is -2.13. The van der Waals surface area contributed by atoms with Crippen LogP contribution in [0, 0.1) is 0 Å². The quantitative estimate of drug-likeness (QED) is 0.677. The van der Waals surface area contributed by atoms with Gasteiger partial charge in [-0.05, 0) is 43.0 Å². The Morgan fingerprint density at radius 2 is 2.24 bits per heavy atom. The van der Waals surface area contributed by atoms with E-state index < -0.39 is 0 Å². The number of aryl methyl sites for hydroxylation is 1. The normalized spacial score (nSPS) is 12.9. The zero-order valence-electron chi connectivity index (χ0n) is 11.4. The molecule has 3 heteroatoms. The van der Waals surface area contributed by atoms with Gasteiger partial charge in [0, 0.05) is 25.0 Å². The number of thioether (sulfide) groups is 1. The molecular weight excluding hydrogens is 228 g/mol. The van der Waals surface area contributed by atoms with Crippen molar-refractivity contribution in [1.29, 1.82) is 0 Å². The predicted molar refractivity (Wildman–Crippen MR) is 78.8 cm³/mol.